The second kappa shape index (κ2) is 10.4. The number of likely N-dealkylation sites (tertiary alicyclic amines) is 1. The third kappa shape index (κ3) is 5.04. The first-order chi connectivity index (χ1) is 16.9. The molecule has 5 heteroatoms. The highest BCUT2D eigenvalue weighted by molar-refractivity contribution is 6.46. The quantitative estimate of drug-likeness (QED) is 0.205. The van der Waals surface area contributed by atoms with Crippen LogP contribution in [0, 0.1) is 13.8 Å². The van der Waals surface area contributed by atoms with Crippen molar-refractivity contribution in [3.63, 3.8) is 0 Å². The highest BCUT2D eigenvalue weighted by Crippen LogP contribution is 2.40. The normalized spacial score (nSPS) is 17.0. The molecule has 0 spiro atoms. The Balaban J connectivity index is 1.79. The summed E-state index contributed by atoms with van der Waals surface area (Å²) in [4.78, 5) is 28.1. The molecule has 0 saturated carbocycles. The summed E-state index contributed by atoms with van der Waals surface area (Å²) in [6, 6.07) is 22.1. The first-order valence-corrected chi connectivity index (χ1v) is 11.6. The summed E-state index contributed by atoms with van der Waals surface area (Å²) in [5, 5.41) is 11.4. The molecular formula is C30H29NO4. The lowest BCUT2D eigenvalue weighted by Crippen LogP contribution is -2.31. The van der Waals surface area contributed by atoms with Crippen molar-refractivity contribution in [2.75, 3.05) is 13.2 Å². The van der Waals surface area contributed by atoms with Gasteiger partial charge < -0.3 is 14.7 Å². The van der Waals surface area contributed by atoms with Crippen LogP contribution in [0.5, 0.6) is 5.75 Å². The minimum Gasteiger partial charge on any atom is -0.507 e. The zero-order valence-electron chi connectivity index (χ0n) is 20.0. The van der Waals surface area contributed by atoms with Gasteiger partial charge in [0.25, 0.3) is 11.7 Å². The van der Waals surface area contributed by atoms with Crippen LogP contribution in [0.25, 0.3) is 5.76 Å². The summed E-state index contributed by atoms with van der Waals surface area (Å²) in [5.41, 5.74) is 4.25. The Morgan fingerprint density at radius 1 is 1.03 bits per heavy atom. The van der Waals surface area contributed by atoms with E-state index in [0.29, 0.717) is 30.9 Å². The number of Topliss-reactive ketones (excluding diaryl/α,β-unsaturated/α-hetero) is 1. The average Bonchev–Trinajstić information content (AvgIpc) is 3.13. The Bertz CT molecular complexity index is 1280. The summed E-state index contributed by atoms with van der Waals surface area (Å²) in [6.45, 7) is 8.18. The van der Waals surface area contributed by atoms with Gasteiger partial charge in [-0.3, -0.25) is 9.59 Å². The van der Waals surface area contributed by atoms with E-state index in [1.54, 1.807) is 23.1 Å². The first-order valence-electron chi connectivity index (χ1n) is 11.6. The van der Waals surface area contributed by atoms with E-state index < -0.39 is 17.7 Å². The van der Waals surface area contributed by atoms with Crippen molar-refractivity contribution in [2.24, 2.45) is 0 Å². The number of carbonyl (C=O) groups excluding carboxylic acids is 2. The van der Waals surface area contributed by atoms with Crippen molar-refractivity contribution < 1.29 is 19.4 Å². The van der Waals surface area contributed by atoms with Gasteiger partial charge in [0.1, 0.15) is 18.1 Å². The molecule has 0 radical (unpaired) electrons. The van der Waals surface area contributed by atoms with Crippen molar-refractivity contribution in [2.45, 2.75) is 26.3 Å². The van der Waals surface area contributed by atoms with Gasteiger partial charge in [0.05, 0.1) is 11.6 Å². The molecule has 35 heavy (non-hydrogen) atoms. The molecule has 3 aromatic rings. The highest BCUT2D eigenvalue weighted by atomic mass is 16.5. The van der Waals surface area contributed by atoms with Crippen LogP contribution in [0.2, 0.25) is 0 Å². The van der Waals surface area contributed by atoms with Crippen LogP contribution in [0.15, 0.2) is 91.0 Å². The van der Waals surface area contributed by atoms with Gasteiger partial charge in [-0.25, -0.2) is 0 Å². The third-order valence-corrected chi connectivity index (χ3v) is 6.24. The summed E-state index contributed by atoms with van der Waals surface area (Å²) >= 11 is 0. The van der Waals surface area contributed by atoms with E-state index in [2.05, 4.69) is 6.58 Å². The highest BCUT2D eigenvalue weighted by Gasteiger charge is 2.46. The Kier molecular flexibility index (Phi) is 7.16. The van der Waals surface area contributed by atoms with Gasteiger partial charge in [-0.15, -0.1) is 0 Å². The molecule has 4 rings (SSSR count). The monoisotopic (exact) mass is 467 g/mol. The molecular weight excluding hydrogens is 438 g/mol. The third-order valence-electron chi connectivity index (χ3n) is 6.24. The number of aliphatic hydroxyl groups is 1. The van der Waals surface area contributed by atoms with Gasteiger partial charge in [-0.05, 0) is 55.2 Å². The van der Waals surface area contributed by atoms with Gasteiger partial charge >= 0.3 is 0 Å². The lowest BCUT2D eigenvalue weighted by atomic mass is 9.93. The molecule has 0 aromatic heterocycles. The van der Waals surface area contributed by atoms with Crippen molar-refractivity contribution in [3.8, 4) is 5.75 Å². The Hall–Kier alpha value is -4.12. The minimum atomic E-state index is -0.702. The summed E-state index contributed by atoms with van der Waals surface area (Å²) in [6.07, 6.45) is 2.25. The molecule has 1 aliphatic rings. The van der Waals surface area contributed by atoms with Crippen molar-refractivity contribution >= 4 is 17.4 Å². The van der Waals surface area contributed by atoms with Crippen molar-refractivity contribution in [1.29, 1.82) is 0 Å². The van der Waals surface area contributed by atoms with Crippen molar-refractivity contribution in [1.82, 2.24) is 4.90 Å². The topological polar surface area (TPSA) is 66.8 Å². The predicted molar refractivity (Wildman–Crippen MR) is 137 cm³/mol. The molecule has 1 fully saturated rings. The van der Waals surface area contributed by atoms with Crippen LogP contribution in [-0.4, -0.2) is 34.8 Å². The molecule has 178 valence electrons. The maximum atomic E-state index is 13.3. The number of carbonyl (C=O) groups is 2. The summed E-state index contributed by atoms with van der Waals surface area (Å²) in [7, 11) is 0. The summed E-state index contributed by atoms with van der Waals surface area (Å²) < 4.78 is 5.59. The van der Waals surface area contributed by atoms with E-state index in [0.717, 1.165) is 22.3 Å². The van der Waals surface area contributed by atoms with E-state index in [4.69, 9.17) is 4.74 Å². The maximum absolute atomic E-state index is 13.3. The number of aliphatic hydroxyl groups excluding tert-OH is 1. The van der Waals surface area contributed by atoms with Crippen LogP contribution in [0.3, 0.4) is 0 Å². The molecule has 1 heterocycles. The second-order valence-corrected chi connectivity index (χ2v) is 8.72. The standard InChI is InChI=1S/C30H29NO4/c1-4-18-35-24-14-12-23(13-15-24)27-26(28(32)25-19-20(2)10-11-21(25)3)29(33)30(34)31(27)17-16-22-8-6-5-7-9-22/h4-15,19,27,32H,1,16-18H2,2-3H3/b28-26+. The number of nitrogens with zero attached hydrogens (tertiary/aromatic N) is 1. The van der Waals surface area contributed by atoms with Crippen LogP contribution in [0.4, 0.5) is 0 Å². The number of ether oxygens (including phenoxy) is 1. The number of rotatable bonds is 8. The number of amides is 1. The fourth-order valence-corrected chi connectivity index (χ4v) is 4.39. The fourth-order valence-electron chi connectivity index (χ4n) is 4.39. The molecule has 1 amide bonds. The van der Waals surface area contributed by atoms with Crippen molar-refractivity contribution in [3.05, 3.63) is 119 Å². The molecule has 1 atom stereocenters. The largest absolute Gasteiger partial charge is 0.507 e. The van der Waals surface area contributed by atoms with E-state index in [-0.39, 0.29) is 11.3 Å². The van der Waals surface area contributed by atoms with E-state index in [1.807, 2.05) is 74.5 Å². The van der Waals surface area contributed by atoms with Gasteiger partial charge in [-0.1, -0.05) is 72.8 Å². The van der Waals surface area contributed by atoms with Gasteiger partial charge in [0.2, 0.25) is 0 Å². The Morgan fingerprint density at radius 3 is 2.43 bits per heavy atom. The maximum Gasteiger partial charge on any atom is 0.295 e. The van der Waals surface area contributed by atoms with E-state index in [1.165, 1.54) is 0 Å². The zero-order chi connectivity index (χ0) is 24.9. The number of hydrogen-bond donors (Lipinski definition) is 1. The van der Waals surface area contributed by atoms with E-state index in [9.17, 15) is 14.7 Å². The number of ketones is 1. The SMILES string of the molecule is C=CCOc1ccc(C2/C(=C(\O)c3cc(C)ccc3C)C(=O)C(=O)N2CCc2ccccc2)cc1. The van der Waals surface area contributed by atoms with Crippen LogP contribution in [-0.2, 0) is 16.0 Å². The molecule has 5 nitrogen and oxygen atoms in total. The van der Waals surface area contributed by atoms with Gasteiger partial charge in [0.15, 0.2) is 0 Å². The first kappa shape index (κ1) is 24.0. The number of benzene rings is 3. The van der Waals surface area contributed by atoms with Gasteiger partial charge in [0, 0.05) is 12.1 Å². The Labute approximate surface area is 206 Å². The predicted octanol–water partition coefficient (Wildman–Crippen LogP) is 5.53. The molecule has 3 aromatic carbocycles. The number of hydrogen-bond acceptors (Lipinski definition) is 4. The van der Waals surface area contributed by atoms with Crippen LogP contribution < -0.4 is 4.74 Å². The zero-order valence-corrected chi connectivity index (χ0v) is 20.0. The molecule has 1 saturated heterocycles. The van der Waals surface area contributed by atoms with E-state index >= 15 is 0 Å². The van der Waals surface area contributed by atoms with Crippen LogP contribution >= 0.6 is 0 Å². The lowest BCUT2D eigenvalue weighted by molar-refractivity contribution is -0.139. The lowest BCUT2D eigenvalue weighted by Gasteiger charge is -2.25. The summed E-state index contributed by atoms with van der Waals surface area (Å²) in [5.74, 6) is -0.772. The fraction of sp³-hybridized carbons (Fsp3) is 0.200. The minimum absolute atomic E-state index is 0.108. The molecule has 1 N–H and O–H groups in total. The Morgan fingerprint density at radius 2 is 1.74 bits per heavy atom. The smallest absolute Gasteiger partial charge is 0.295 e. The average molecular weight is 468 g/mol. The molecule has 0 aliphatic carbocycles. The van der Waals surface area contributed by atoms with Crippen LogP contribution in [0.1, 0.15) is 33.9 Å². The number of aryl methyl sites for hydroxylation is 2. The molecule has 1 aliphatic heterocycles. The molecule has 0 bridgehead atoms. The van der Waals surface area contributed by atoms with Gasteiger partial charge in [-0.2, -0.15) is 0 Å². The molecule has 1 unspecified atom stereocenters. The second-order valence-electron chi connectivity index (χ2n) is 8.72.